The number of aryl methyl sites for hydroxylation is 1. The number of alkyl carbamates (subject to hydrolysis) is 1. The van der Waals surface area contributed by atoms with Crippen molar-refractivity contribution in [1.82, 2.24) is 29.7 Å². The van der Waals surface area contributed by atoms with Crippen LogP contribution in [0.5, 0.6) is 0 Å². The first-order valence-electron chi connectivity index (χ1n) is 12.8. The molecule has 4 aromatic rings. The molecule has 9 nitrogen and oxygen atoms in total. The van der Waals surface area contributed by atoms with Crippen molar-refractivity contribution in [3.05, 3.63) is 66.2 Å². The van der Waals surface area contributed by atoms with Gasteiger partial charge in [0.2, 0.25) is 5.95 Å². The lowest BCUT2D eigenvalue weighted by atomic mass is 10.1. The molecule has 0 saturated carbocycles. The van der Waals surface area contributed by atoms with E-state index in [-0.39, 0.29) is 11.9 Å². The molecule has 1 N–H and O–H groups in total. The maximum atomic E-state index is 13.4. The molecule has 0 spiro atoms. The molecule has 1 aliphatic rings. The van der Waals surface area contributed by atoms with Gasteiger partial charge in [0.05, 0.1) is 17.3 Å². The summed E-state index contributed by atoms with van der Waals surface area (Å²) in [7, 11) is 0. The highest BCUT2D eigenvalue weighted by atomic mass is 32.2. The van der Waals surface area contributed by atoms with Crippen LogP contribution in [-0.4, -0.2) is 67.4 Å². The van der Waals surface area contributed by atoms with Gasteiger partial charge in [-0.15, -0.1) is 11.8 Å². The van der Waals surface area contributed by atoms with Gasteiger partial charge < -0.3 is 15.0 Å². The average molecular weight is 545 g/mol. The van der Waals surface area contributed by atoms with Gasteiger partial charge in [0.1, 0.15) is 5.60 Å². The van der Waals surface area contributed by atoms with E-state index < -0.39 is 11.7 Å². The summed E-state index contributed by atoms with van der Waals surface area (Å²) in [5.74, 6) is 0.440. The average Bonchev–Trinajstić information content (AvgIpc) is 3.51. The summed E-state index contributed by atoms with van der Waals surface area (Å²) in [6, 6.07) is 9.53. The van der Waals surface area contributed by atoms with Crippen molar-refractivity contribution in [2.75, 3.05) is 19.3 Å². The third kappa shape index (κ3) is 5.90. The van der Waals surface area contributed by atoms with Gasteiger partial charge in [-0.2, -0.15) is 0 Å². The number of ether oxygens (including phenoxy) is 1. The molecule has 0 bridgehead atoms. The zero-order valence-electron chi connectivity index (χ0n) is 22.8. The summed E-state index contributed by atoms with van der Waals surface area (Å²) in [5.41, 5.74) is 3.64. The highest BCUT2D eigenvalue weighted by molar-refractivity contribution is 7.98. The first-order chi connectivity index (χ1) is 18.6. The Hall–Kier alpha value is -3.92. The van der Waals surface area contributed by atoms with Gasteiger partial charge in [-0.25, -0.2) is 14.8 Å². The van der Waals surface area contributed by atoms with Crippen LogP contribution >= 0.6 is 11.8 Å². The molecule has 10 heteroatoms. The third-order valence-corrected chi connectivity index (χ3v) is 7.26. The predicted octanol–water partition coefficient (Wildman–Crippen LogP) is 5.25. The van der Waals surface area contributed by atoms with E-state index >= 15 is 0 Å². The Morgan fingerprint density at radius 1 is 1.10 bits per heavy atom. The van der Waals surface area contributed by atoms with E-state index in [0.29, 0.717) is 31.0 Å². The van der Waals surface area contributed by atoms with E-state index in [1.54, 1.807) is 35.3 Å². The zero-order chi connectivity index (χ0) is 27.7. The first-order valence-corrected chi connectivity index (χ1v) is 14.1. The molecular formula is C29H32N6O3S. The number of likely N-dealkylation sites (tertiary alicyclic amines) is 1. The molecule has 202 valence electrons. The topological polar surface area (TPSA) is 102 Å². The lowest BCUT2D eigenvalue weighted by Crippen LogP contribution is -2.41. The molecule has 1 atom stereocenters. The Bertz CT molecular complexity index is 1530. The second kappa shape index (κ2) is 10.7. The van der Waals surface area contributed by atoms with Crippen molar-refractivity contribution in [2.45, 2.75) is 50.7 Å². The number of hydrogen-bond donors (Lipinski definition) is 1. The molecule has 4 heterocycles. The van der Waals surface area contributed by atoms with Crippen molar-refractivity contribution in [1.29, 1.82) is 0 Å². The second-order valence-electron chi connectivity index (χ2n) is 10.7. The molecule has 0 unspecified atom stereocenters. The minimum absolute atomic E-state index is 0.0781. The fourth-order valence-corrected chi connectivity index (χ4v) is 5.25. The standard InChI is InChI=1S/C29H32N6O3S/c1-18-8-10-30-23(12-18)20-14-31-27(32-15-20)35-17-25(39-5)22-7-6-19(13-24(22)35)26(36)34-11-9-21(16-34)33-28(37)38-29(2,3)4/h6-8,10,12-15,17,21H,9,11,16H2,1-5H3,(H,33,37)/t21-/m1/s1. The summed E-state index contributed by atoms with van der Waals surface area (Å²) in [6.45, 7) is 8.50. The van der Waals surface area contributed by atoms with Crippen molar-refractivity contribution in [2.24, 2.45) is 0 Å². The van der Waals surface area contributed by atoms with Crippen LogP contribution in [0.15, 0.2) is 60.0 Å². The number of benzene rings is 1. The van der Waals surface area contributed by atoms with Crippen LogP contribution in [0.1, 0.15) is 43.1 Å². The Labute approximate surface area is 232 Å². The van der Waals surface area contributed by atoms with E-state index in [2.05, 4.69) is 20.3 Å². The van der Waals surface area contributed by atoms with Gasteiger partial charge in [0, 0.05) is 59.3 Å². The van der Waals surface area contributed by atoms with E-state index in [0.717, 1.165) is 32.6 Å². The lowest BCUT2D eigenvalue weighted by molar-refractivity contribution is 0.0502. The van der Waals surface area contributed by atoms with Gasteiger partial charge >= 0.3 is 6.09 Å². The summed E-state index contributed by atoms with van der Waals surface area (Å²) >= 11 is 1.63. The summed E-state index contributed by atoms with van der Waals surface area (Å²) in [5, 5.41) is 3.91. The number of thioether (sulfide) groups is 1. The third-order valence-electron chi connectivity index (χ3n) is 6.50. The van der Waals surface area contributed by atoms with E-state index in [1.807, 2.05) is 75.0 Å². The summed E-state index contributed by atoms with van der Waals surface area (Å²) < 4.78 is 7.28. The number of amides is 2. The molecule has 0 radical (unpaired) electrons. The number of nitrogens with zero attached hydrogens (tertiary/aromatic N) is 5. The Kier molecular flexibility index (Phi) is 7.31. The van der Waals surface area contributed by atoms with Crippen LogP contribution in [0.25, 0.3) is 28.1 Å². The maximum Gasteiger partial charge on any atom is 0.407 e. The number of carbonyl (C=O) groups excluding carboxylic acids is 2. The minimum Gasteiger partial charge on any atom is -0.444 e. The van der Waals surface area contributed by atoms with Gasteiger partial charge in [0.25, 0.3) is 5.91 Å². The zero-order valence-corrected chi connectivity index (χ0v) is 23.6. The second-order valence-corrected chi connectivity index (χ2v) is 11.5. The highest BCUT2D eigenvalue weighted by Gasteiger charge is 2.29. The van der Waals surface area contributed by atoms with Crippen LogP contribution in [0, 0.1) is 6.92 Å². The smallest absolute Gasteiger partial charge is 0.407 e. The van der Waals surface area contributed by atoms with Crippen molar-refractivity contribution in [3.63, 3.8) is 0 Å². The number of rotatable bonds is 5. The maximum absolute atomic E-state index is 13.4. The minimum atomic E-state index is -0.570. The molecule has 1 fully saturated rings. The number of hydrogen-bond acceptors (Lipinski definition) is 7. The Balaban J connectivity index is 1.38. The molecular weight excluding hydrogens is 512 g/mol. The van der Waals surface area contributed by atoms with Gasteiger partial charge in [-0.1, -0.05) is 6.07 Å². The lowest BCUT2D eigenvalue weighted by Gasteiger charge is -2.22. The van der Waals surface area contributed by atoms with E-state index in [1.165, 1.54) is 0 Å². The van der Waals surface area contributed by atoms with Gasteiger partial charge in [-0.05, 0) is 70.2 Å². The number of carbonyl (C=O) groups is 2. The summed E-state index contributed by atoms with van der Waals surface area (Å²) in [6.07, 6.45) is 9.55. The SMILES string of the molecule is CSc1cn(-c2ncc(-c3cc(C)ccn3)cn2)c2cc(C(=O)N3CC[C@@H](NC(=O)OC(C)(C)C)C3)ccc12. The molecule has 0 aliphatic carbocycles. The quantitative estimate of drug-likeness (QED) is 0.342. The monoisotopic (exact) mass is 544 g/mol. The molecule has 1 saturated heterocycles. The van der Waals surface area contributed by atoms with Crippen molar-refractivity contribution < 1.29 is 14.3 Å². The van der Waals surface area contributed by atoms with E-state index in [9.17, 15) is 9.59 Å². The Morgan fingerprint density at radius 2 is 1.87 bits per heavy atom. The fourth-order valence-electron chi connectivity index (χ4n) is 4.65. The van der Waals surface area contributed by atoms with Crippen molar-refractivity contribution in [3.8, 4) is 17.2 Å². The fraction of sp³-hybridized carbons (Fsp3) is 0.345. The highest BCUT2D eigenvalue weighted by Crippen LogP contribution is 2.31. The van der Waals surface area contributed by atoms with Crippen molar-refractivity contribution >= 4 is 34.7 Å². The van der Waals surface area contributed by atoms with Crippen LogP contribution in [0.3, 0.4) is 0 Å². The van der Waals surface area contributed by atoms with Crippen LogP contribution < -0.4 is 5.32 Å². The molecule has 3 aromatic heterocycles. The first kappa shape index (κ1) is 26.7. The van der Waals surface area contributed by atoms with Crippen LogP contribution in [-0.2, 0) is 4.74 Å². The van der Waals surface area contributed by atoms with Crippen LogP contribution in [0.4, 0.5) is 4.79 Å². The Morgan fingerprint density at radius 3 is 2.56 bits per heavy atom. The van der Waals surface area contributed by atoms with Gasteiger partial charge in [-0.3, -0.25) is 14.3 Å². The number of aromatic nitrogens is 4. The molecule has 39 heavy (non-hydrogen) atoms. The largest absolute Gasteiger partial charge is 0.444 e. The predicted molar refractivity (Wildman–Crippen MR) is 152 cm³/mol. The normalized spacial score (nSPS) is 15.5. The van der Waals surface area contributed by atoms with E-state index in [4.69, 9.17) is 4.74 Å². The number of fused-ring (bicyclic) bond motifs is 1. The molecule has 2 amide bonds. The summed E-state index contributed by atoms with van der Waals surface area (Å²) in [4.78, 5) is 42.1. The number of nitrogens with one attached hydrogen (secondary N) is 1. The molecule has 5 rings (SSSR count). The van der Waals surface area contributed by atoms with Crippen LogP contribution in [0.2, 0.25) is 0 Å². The van der Waals surface area contributed by atoms with Gasteiger partial charge in [0.15, 0.2) is 0 Å². The number of pyridine rings is 1. The molecule has 1 aliphatic heterocycles. The molecule has 1 aromatic carbocycles.